The lowest BCUT2D eigenvalue weighted by molar-refractivity contribution is 0.0641. The molecular weight excluding hydrogens is 360 g/mol. The van der Waals surface area contributed by atoms with Crippen molar-refractivity contribution in [3.8, 4) is 0 Å². The normalized spacial score (nSPS) is 17.4. The van der Waals surface area contributed by atoms with Crippen molar-refractivity contribution in [1.29, 1.82) is 0 Å². The summed E-state index contributed by atoms with van der Waals surface area (Å²) in [7, 11) is 0. The number of carbonyl (C=O) groups is 2. The molecule has 3 aromatic rings. The van der Waals surface area contributed by atoms with Crippen LogP contribution in [-0.4, -0.2) is 61.6 Å². The molecule has 9 nitrogen and oxygen atoms in total. The highest BCUT2D eigenvalue weighted by molar-refractivity contribution is 5.95. The average Bonchev–Trinajstić information content (AvgIpc) is 3.35. The number of amides is 2. The SMILES string of the molecule is Cc1noc(C2CCN(C(=O)c3ccn[nH]3)CCN2C(=O)c2ccccc2)n1. The Bertz CT molecular complexity index is 953. The quantitative estimate of drug-likeness (QED) is 0.743. The molecule has 3 heterocycles. The maximum absolute atomic E-state index is 13.2. The summed E-state index contributed by atoms with van der Waals surface area (Å²) in [6.45, 7) is 2.96. The van der Waals surface area contributed by atoms with Crippen LogP contribution in [0.1, 0.15) is 45.0 Å². The van der Waals surface area contributed by atoms with Crippen LogP contribution in [0.5, 0.6) is 0 Å². The lowest BCUT2D eigenvalue weighted by Gasteiger charge is -2.27. The number of rotatable bonds is 3. The van der Waals surface area contributed by atoms with Gasteiger partial charge in [0.1, 0.15) is 11.7 Å². The zero-order valence-electron chi connectivity index (χ0n) is 15.4. The van der Waals surface area contributed by atoms with Crippen molar-refractivity contribution in [2.45, 2.75) is 19.4 Å². The van der Waals surface area contributed by atoms with E-state index in [1.54, 1.807) is 41.1 Å². The van der Waals surface area contributed by atoms with Crippen LogP contribution >= 0.6 is 0 Å². The molecule has 1 atom stereocenters. The second-order valence-electron chi connectivity index (χ2n) is 6.61. The summed E-state index contributed by atoms with van der Waals surface area (Å²) in [5.74, 6) is 0.624. The van der Waals surface area contributed by atoms with Crippen molar-refractivity contribution >= 4 is 11.8 Å². The number of H-pyrrole nitrogens is 1. The lowest BCUT2D eigenvalue weighted by Crippen LogP contribution is -2.38. The van der Waals surface area contributed by atoms with E-state index in [1.807, 2.05) is 18.2 Å². The van der Waals surface area contributed by atoms with Crippen molar-refractivity contribution in [3.05, 3.63) is 65.6 Å². The third-order valence-electron chi connectivity index (χ3n) is 4.79. The molecule has 0 spiro atoms. The van der Waals surface area contributed by atoms with E-state index in [0.717, 1.165) is 0 Å². The van der Waals surface area contributed by atoms with Gasteiger partial charge < -0.3 is 14.3 Å². The van der Waals surface area contributed by atoms with Crippen molar-refractivity contribution in [2.75, 3.05) is 19.6 Å². The number of nitrogens with one attached hydrogen (secondary N) is 1. The maximum atomic E-state index is 13.2. The number of carbonyl (C=O) groups excluding carboxylic acids is 2. The lowest BCUT2D eigenvalue weighted by atomic mass is 10.1. The molecule has 2 amide bonds. The van der Waals surface area contributed by atoms with Crippen LogP contribution in [0.15, 0.2) is 47.1 Å². The van der Waals surface area contributed by atoms with E-state index in [-0.39, 0.29) is 11.8 Å². The average molecular weight is 380 g/mol. The largest absolute Gasteiger partial charge is 0.337 e. The zero-order valence-corrected chi connectivity index (χ0v) is 15.4. The third-order valence-corrected chi connectivity index (χ3v) is 4.79. The Morgan fingerprint density at radius 2 is 1.93 bits per heavy atom. The molecular formula is C19H20N6O3. The Balaban J connectivity index is 1.62. The summed E-state index contributed by atoms with van der Waals surface area (Å²) < 4.78 is 5.37. The predicted molar refractivity (Wildman–Crippen MR) is 98.4 cm³/mol. The Morgan fingerprint density at radius 3 is 2.61 bits per heavy atom. The molecule has 28 heavy (non-hydrogen) atoms. The van der Waals surface area contributed by atoms with Gasteiger partial charge >= 0.3 is 0 Å². The molecule has 0 aliphatic carbocycles. The Labute approximate surface area is 161 Å². The van der Waals surface area contributed by atoms with Gasteiger partial charge in [0.25, 0.3) is 11.8 Å². The highest BCUT2D eigenvalue weighted by Crippen LogP contribution is 2.28. The molecule has 9 heteroatoms. The molecule has 1 saturated heterocycles. The van der Waals surface area contributed by atoms with Gasteiger partial charge in [0.2, 0.25) is 5.89 Å². The topological polar surface area (TPSA) is 108 Å². The van der Waals surface area contributed by atoms with E-state index < -0.39 is 6.04 Å². The first-order valence-corrected chi connectivity index (χ1v) is 9.08. The van der Waals surface area contributed by atoms with Gasteiger partial charge in [-0.1, -0.05) is 23.4 Å². The minimum Gasteiger partial charge on any atom is -0.337 e. The summed E-state index contributed by atoms with van der Waals surface area (Å²) in [5.41, 5.74) is 1.00. The van der Waals surface area contributed by atoms with Crippen molar-refractivity contribution in [1.82, 2.24) is 30.1 Å². The number of hydrogen-bond donors (Lipinski definition) is 1. The molecule has 1 aromatic carbocycles. The molecule has 1 aliphatic rings. The predicted octanol–water partition coefficient (Wildman–Crippen LogP) is 1.83. The highest BCUT2D eigenvalue weighted by atomic mass is 16.5. The standard InChI is InChI=1S/C19H20N6O3/c1-13-21-17(28-23-13)16-8-10-24(19(27)15-7-9-20-22-15)11-12-25(16)18(26)14-5-3-2-4-6-14/h2-7,9,16H,8,10-12H2,1H3,(H,20,22). The molecule has 0 bridgehead atoms. The second-order valence-corrected chi connectivity index (χ2v) is 6.61. The van der Waals surface area contributed by atoms with Crippen LogP contribution < -0.4 is 0 Å². The van der Waals surface area contributed by atoms with E-state index in [2.05, 4.69) is 20.3 Å². The third kappa shape index (κ3) is 3.51. The number of benzene rings is 1. The molecule has 0 radical (unpaired) electrons. The molecule has 2 aromatic heterocycles. The maximum Gasteiger partial charge on any atom is 0.271 e. The second kappa shape index (κ2) is 7.63. The number of hydrogen-bond acceptors (Lipinski definition) is 6. The first-order chi connectivity index (χ1) is 13.6. The fraction of sp³-hybridized carbons (Fsp3) is 0.316. The van der Waals surface area contributed by atoms with E-state index in [0.29, 0.717) is 49.0 Å². The van der Waals surface area contributed by atoms with E-state index in [4.69, 9.17) is 4.52 Å². The Kier molecular flexibility index (Phi) is 4.88. The fourth-order valence-electron chi connectivity index (χ4n) is 3.37. The van der Waals surface area contributed by atoms with Crippen molar-refractivity contribution in [3.63, 3.8) is 0 Å². The molecule has 1 unspecified atom stereocenters. The Hall–Kier alpha value is -3.49. The summed E-state index contributed by atoms with van der Waals surface area (Å²) in [6.07, 6.45) is 2.04. The summed E-state index contributed by atoms with van der Waals surface area (Å²) in [6, 6.07) is 10.3. The van der Waals surface area contributed by atoms with Crippen LogP contribution in [0.25, 0.3) is 0 Å². The van der Waals surface area contributed by atoms with Gasteiger partial charge in [-0.25, -0.2) is 0 Å². The van der Waals surface area contributed by atoms with Gasteiger partial charge in [0.15, 0.2) is 5.82 Å². The minimum atomic E-state index is -0.395. The van der Waals surface area contributed by atoms with Gasteiger partial charge in [0, 0.05) is 31.4 Å². The fourth-order valence-corrected chi connectivity index (χ4v) is 3.37. The van der Waals surface area contributed by atoms with Gasteiger partial charge in [0.05, 0.1) is 0 Å². The van der Waals surface area contributed by atoms with Crippen LogP contribution in [0.2, 0.25) is 0 Å². The number of aryl methyl sites for hydroxylation is 1. The highest BCUT2D eigenvalue weighted by Gasteiger charge is 2.34. The van der Waals surface area contributed by atoms with Gasteiger partial charge in [-0.15, -0.1) is 0 Å². The number of aromatic nitrogens is 4. The first kappa shape index (κ1) is 17.9. The summed E-state index contributed by atoms with van der Waals surface area (Å²) in [5, 5.41) is 10.4. The Morgan fingerprint density at radius 1 is 1.11 bits per heavy atom. The van der Waals surface area contributed by atoms with E-state index >= 15 is 0 Å². The van der Waals surface area contributed by atoms with E-state index in [9.17, 15) is 9.59 Å². The van der Waals surface area contributed by atoms with Crippen molar-refractivity contribution in [2.24, 2.45) is 0 Å². The minimum absolute atomic E-state index is 0.128. The smallest absolute Gasteiger partial charge is 0.271 e. The number of aromatic amines is 1. The zero-order chi connectivity index (χ0) is 19.5. The molecule has 0 saturated carbocycles. The monoisotopic (exact) mass is 380 g/mol. The molecule has 1 N–H and O–H groups in total. The first-order valence-electron chi connectivity index (χ1n) is 9.08. The van der Waals surface area contributed by atoms with Crippen molar-refractivity contribution < 1.29 is 14.1 Å². The number of nitrogens with zero attached hydrogens (tertiary/aromatic N) is 5. The van der Waals surface area contributed by atoms with Gasteiger partial charge in [-0.3, -0.25) is 14.7 Å². The molecule has 1 fully saturated rings. The van der Waals surface area contributed by atoms with Crippen LogP contribution in [0.3, 0.4) is 0 Å². The van der Waals surface area contributed by atoms with Crippen LogP contribution in [-0.2, 0) is 0 Å². The summed E-state index contributed by atoms with van der Waals surface area (Å²) in [4.78, 5) is 33.6. The molecule has 1 aliphatic heterocycles. The summed E-state index contributed by atoms with van der Waals surface area (Å²) >= 11 is 0. The van der Waals surface area contributed by atoms with Gasteiger partial charge in [-0.2, -0.15) is 10.1 Å². The van der Waals surface area contributed by atoms with Crippen LogP contribution in [0, 0.1) is 6.92 Å². The van der Waals surface area contributed by atoms with E-state index in [1.165, 1.54) is 0 Å². The van der Waals surface area contributed by atoms with Gasteiger partial charge in [-0.05, 0) is 31.5 Å². The molecule has 144 valence electrons. The van der Waals surface area contributed by atoms with Crippen LogP contribution in [0.4, 0.5) is 0 Å². The molecule has 4 rings (SSSR count).